The molecule has 3 nitrogen and oxygen atoms in total. The Morgan fingerprint density at radius 1 is 1.18 bits per heavy atom. The molecular weight excluding hydrogens is 232 g/mol. The number of pyridine rings is 1. The maximum absolute atomic E-state index is 9.62. The summed E-state index contributed by atoms with van der Waals surface area (Å²) >= 11 is 4.96. The molecule has 0 atom stereocenters. The maximum Gasteiger partial charge on any atom is 0.144 e. The van der Waals surface area contributed by atoms with Gasteiger partial charge in [0.1, 0.15) is 10.5 Å². The molecule has 0 saturated heterocycles. The molecule has 1 heterocycles. The van der Waals surface area contributed by atoms with Crippen molar-refractivity contribution in [3.05, 3.63) is 22.8 Å². The van der Waals surface area contributed by atoms with Crippen LogP contribution in [0, 0.1) is 4.64 Å². The van der Waals surface area contributed by atoms with Crippen LogP contribution in [0.5, 0.6) is 0 Å². The second kappa shape index (κ2) is 8.12. The van der Waals surface area contributed by atoms with Gasteiger partial charge in [-0.1, -0.05) is 57.3 Å². The van der Waals surface area contributed by atoms with Crippen molar-refractivity contribution in [3.63, 3.8) is 0 Å². The summed E-state index contributed by atoms with van der Waals surface area (Å²) in [6.45, 7) is 3.11. The molecule has 0 aliphatic rings. The van der Waals surface area contributed by atoms with Gasteiger partial charge in [0.2, 0.25) is 0 Å². The van der Waals surface area contributed by atoms with E-state index in [2.05, 4.69) is 12.2 Å². The highest BCUT2D eigenvalue weighted by Gasteiger charge is 1.97. The molecule has 0 fully saturated rings. The third-order valence-electron chi connectivity index (χ3n) is 2.77. The van der Waals surface area contributed by atoms with E-state index in [-0.39, 0.29) is 0 Å². The maximum atomic E-state index is 9.62. The fraction of sp³-hybridized carbons (Fsp3) is 0.615. The molecule has 0 saturated carbocycles. The lowest BCUT2D eigenvalue weighted by atomic mass is 10.1. The van der Waals surface area contributed by atoms with Crippen LogP contribution in [0.3, 0.4) is 0 Å². The molecule has 1 aromatic rings. The van der Waals surface area contributed by atoms with Crippen molar-refractivity contribution in [2.75, 3.05) is 11.9 Å². The van der Waals surface area contributed by atoms with E-state index in [0.717, 1.165) is 17.7 Å². The molecule has 17 heavy (non-hydrogen) atoms. The van der Waals surface area contributed by atoms with E-state index >= 15 is 0 Å². The minimum atomic E-state index is 0.429. The zero-order chi connectivity index (χ0) is 12.5. The standard InChI is InChI=1S/C13H22N2OS/c1-2-3-4-5-6-7-11-14-12-9-8-10-13(17)15(12)16/h8-10,14,16H,2-7,11H2,1H3. The minimum Gasteiger partial charge on any atom is -0.426 e. The summed E-state index contributed by atoms with van der Waals surface area (Å²) < 4.78 is 1.45. The van der Waals surface area contributed by atoms with Crippen LogP contribution in [0.25, 0.3) is 0 Å². The molecule has 0 unspecified atom stereocenters. The monoisotopic (exact) mass is 254 g/mol. The number of anilines is 1. The van der Waals surface area contributed by atoms with Crippen molar-refractivity contribution in [1.29, 1.82) is 0 Å². The predicted octanol–water partition coefficient (Wildman–Crippen LogP) is 4.23. The molecule has 0 spiro atoms. The number of unbranched alkanes of at least 4 members (excludes halogenated alkanes) is 5. The van der Waals surface area contributed by atoms with Gasteiger partial charge in [0.05, 0.1) is 0 Å². The lowest BCUT2D eigenvalue weighted by Crippen LogP contribution is -2.08. The average Bonchev–Trinajstić information content (AvgIpc) is 2.33. The highest BCUT2D eigenvalue weighted by atomic mass is 32.1. The number of hydrogen-bond donors (Lipinski definition) is 2. The van der Waals surface area contributed by atoms with Crippen LogP contribution in [0.4, 0.5) is 5.82 Å². The first kappa shape index (κ1) is 14.0. The first-order chi connectivity index (χ1) is 8.25. The molecule has 0 aromatic carbocycles. The van der Waals surface area contributed by atoms with Crippen molar-refractivity contribution in [2.45, 2.75) is 45.4 Å². The number of nitrogens with one attached hydrogen (secondary N) is 1. The van der Waals surface area contributed by atoms with Crippen molar-refractivity contribution >= 4 is 18.0 Å². The Bertz CT molecular complexity index is 376. The van der Waals surface area contributed by atoms with Gasteiger partial charge in [0, 0.05) is 6.54 Å². The molecule has 2 N–H and O–H groups in total. The molecule has 0 aliphatic carbocycles. The van der Waals surface area contributed by atoms with E-state index in [1.54, 1.807) is 6.07 Å². The Kier molecular flexibility index (Phi) is 6.70. The van der Waals surface area contributed by atoms with Crippen LogP contribution in [0.1, 0.15) is 45.4 Å². The molecule has 96 valence electrons. The fourth-order valence-electron chi connectivity index (χ4n) is 1.74. The second-order valence-corrected chi connectivity index (χ2v) is 4.67. The summed E-state index contributed by atoms with van der Waals surface area (Å²) in [6, 6.07) is 5.37. The third kappa shape index (κ3) is 5.22. The van der Waals surface area contributed by atoms with Crippen LogP contribution < -0.4 is 5.32 Å². The molecule has 1 rings (SSSR count). The zero-order valence-electron chi connectivity index (χ0n) is 10.5. The molecule has 0 radical (unpaired) electrons. The van der Waals surface area contributed by atoms with Gasteiger partial charge in [-0.05, 0) is 18.6 Å². The number of nitrogens with zero attached hydrogens (tertiary/aromatic N) is 1. The lowest BCUT2D eigenvalue weighted by Gasteiger charge is -2.09. The normalized spacial score (nSPS) is 10.4. The van der Waals surface area contributed by atoms with Crippen LogP contribution in [0.15, 0.2) is 18.2 Å². The largest absolute Gasteiger partial charge is 0.426 e. The van der Waals surface area contributed by atoms with Crippen molar-refractivity contribution < 1.29 is 5.21 Å². The molecule has 1 aromatic heterocycles. The van der Waals surface area contributed by atoms with E-state index in [1.807, 2.05) is 12.1 Å². The van der Waals surface area contributed by atoms with Gasteiger partial charge in [-0.15, -0.1) is 0 Å². The first-order valence-corrected chi connectivity index (χ1v) is 6.81. The van der Waals surface area contributed by atoms with Crippen molar-refractivity contribution in [1.82, 2.24) is 4.73 Å². The van der Waals surface area contributed by atoms with Crippen LogP contribution in [0.2, 0.25) is 0 Å². The van der Waals surface area contributed by atoms with Gasteiger partial charge in [-0.3, -0.25) is 0 Å². The highest BCUT2D eigenvalue weighted by Crippen LogP contribution is 2.08. The van der Waals surface area contributed by atoms with Crippen molar-refractivity contribution in [3.8, 4) is 0 Å². The van der Waals surface area contributed by atoms with E-state index in [0.29, 0.717) is 10.5 Å². The van der Waals surface area contributed by atoms with Crippen LogP contribution in [-0.2, 0) is 0 Å². The van der Waals surface area contributed by atoms with Gasteiger partial charge in [0.25, 0.3) is 0 Å². The predicted molar refractivity (Wildman–Crippen MR) is 74.3 cm³/mol. The van der Waals surface area contributed by atoms with E-state index in [1.165, 1.54) is 32.1 Å². The Labute approximate surface area is 108 Å². The first-order valence-electron chi connectivity index (χ1n) is 6.41. The summed E-state index contributed by atoms with van der Waals surface area (Å²) in [6.07, 6.45) is 7.63. The second-order valence-electron chi connectivity index (χ2n) is 4.26. The van der Waals surface area contributed by atoms with E-state index in [9.17, 15) is 5.21 Å². The minimum absolute atomic E-state index is 0.429. The van der Waals surface area contributed by atoms with Gasteiger partial charge < -0.3 is 10.5 Å². The van der Waals surface area contributed by atoms with Gasteiger partial charge >= 0.3 is 0 Å². The molecule has 4 heteroatoms. The zero-order valence-corrected chi connectivity index (χ0v) is 11.3. The van der Waals surface area contributed by atoms with Crippen LogP contribution in [-0.4, -0.2) is 16.5 Å². The summed E-state index contributed by atoms with van der Waals surface area (Å²) in [5, 5.41) is 12.8. The quantitative estimate of drug-likeness (QED) is 0.414. The van der Waals surface area contributed by atoms with Gasteiger partial charge in [-0.2, -0.15) is 4.73 Å². The fourth-order valence-corrected chi connectivity index (χ4v) is 1.91. The average molecular weight is 254 g/mol. The third-order valence-corrected chi connectivity index (χ3v) is 3.08. The Morgan fingerprint density at radius 3 is 2.65 bits per heavy atom. The van der Waals surface area contributed by atoms with Gasteiger partial charge in [0.15, 0.2) is 0 Å². The SMILES string of the molecule is CCCCCCCCNc1cccc(=S)n1O. The molecule has 0 aliphatic heterocycles. The number of aromatic nitrogens is 1. The lowest BCUT2D eigenvalue weighted by molar-refractivity contribution is 0.186. The summed E-state index contributed by atoms with van der Waals surface area (Å²) in [5.41, 5.74) is 0. The Hall–Kier alpha value is -1.03. The molecular formula is C13H22N2OS. The summed E-state index contributed by atoms with van der Waals surface area (Å²) in [7, 11) is 0. The smallest absolute Gasteiger partial charge is 0.144 e. The molecule has 0 amide bonds. The highest BCUT2D eigenvalue weighted by molar-refractivity contribution is 7.71. The molecule has 0 bridgehead atoms. The summed E-state index contributed by atoms with van der Waals surface area (Å²) in [5.74, 6) is 0.672. The Balaban J connectivity index is 2.18. The van der Waals surface area contributed by atoms with Crippen LogP contribution >= 0.6 is 12.2 Å². The topological polar surface area (TPSA) is 37.2 Å². The summed E-state index contributed by atoms with van der Waals surface area (Å²) in [4.78, 5) is 0. The van der Waals surface area contributed by atoms with Crippen molar-refractivity contribution in [2.24, 2.45) is 0 Å². The Morgan fingerprint density at radius 2 is 1.88 bits per heavy atom. The van der Waals surface area contributed by atoms with E-state index < -0.39 is 0 Å². The van der Waals surface area contributed by atoms with Gasteiger partial charge in [-0.25, -0.2) is 0 Å². The number of rotatable bonds is 8. The number of hydrogen-bond acceptors (Lipinski definition) is 3. The van der Waals surface area contributed by atoms with E-state index in [4.69, 9.17) is 12.2 Å².